The maximum atomic E-state index is 2.00. The number of benzene rings is 1. The summed E-state index contributed by atoms with van der Waals surface area (Å²) in [5.74, 6) is 0. The Morgan fingerprint density at radius 1 is 0.429 bits per heavy atom. The summed E-state index contributed by atoms with van der Waals surface area (Å²) >= 11 is 0. The highest BCUT2D eigenvalue weighted by Crippen LogP contribution is 1.79. The summed E-state index contributed by atoms with van der Waals surface area (Å²) in [6.45, 7) is 0. The zero-order valence-corrected chi connectivity index (χ0v) is 3.46. The maximum absolute atomic E-state index is 2.00. The highest BCUT2D eigenvalue weighted by atomic mass is 24.3. The van der Waals surface area contributed by atoms with Gasteiger partial charge in [0.15, 0.2) is 0 Å². The number of rotatable bonds is 0. The van der Waals surface area contributed by atoms with Crippen LogP contribution in [0.5, 0.6) is 0 Å². The Labute approximate surface area is 59.7 Å². The molecule has 1 aromatic carbocycles. The quantitative estimate of drug-likeness (QED) is 0.427. The van der Waals surface area contributed by atoms with Gasteiger partial charge in [0.25, 0.3) is 0 Å². The third-order valence-electron chi connectivity index (χ3n) is 0.667. The third kappa shape index (κ3) is 2.65. The molecule has 1 rings (SSSR count). The molecule has 0 nitrogen and oxygen atoms in total. The second kappa shape index (κ2) is 4.15. The van der Waals surface area contributed by atoms with Crippen molar-refractivity contribution in [3.63, 3.8) is 0 Å². The van der Waals surface area contributed by atoms with Gasteiger partial charge >= 0.3 is 23.1 Å². The smallest absolute Gasteiger partial charge is 0.0623 e. The SMILES string of the molecule is [MgH2].c1ccccc1. The molecule has 0 spiro atoms. The zero-order valence-electron chi connectivity index (χ0n) is 3.46. The van der Waals surface area contributed by atoms with Crippen LogP contribution >= 0.6 is 0 Å². The van der Waals surface area contributed by atoms with Crippen molar-refractivity contribution in [3.05, 3.63) is 36.4 Å². The summed E-state index contributed by atoms with van der Waals surface area (Å²) in [6, 6.07) is 12.0. The Morgan fingerprint density at radius 2 is 0.571 bits per heavy atom. The first kappa shape index (κ1) is 6.99. The molecule has 0 aliphatic rings. The molecule has 0 atom stereocenters. The van der Waals surface area contributed by atoms with Crippen LogP contribution in [-0.4, -0.2) is 23.1 Å². The van der Waals surface area contributed by atoms with Gasteiger partial charge in [-0.05, 0) is 0 Å². The van der Waals surface area contributed by atoms with Gasteiger partial charge in [0, 0.05) is 0 Å². The highest BCUT2D eigenvalue weighted by Gasteiger charge is 1.57. The molecule has 0 saturated carbocycles. The Hall–Kier alpha value is -0.0138. The molecule has 0 aliphatic heterocycles. The molecule has 7 heavy (non-hydrogen) atoms. The molecule has 1 aromatic rings. The Morgan fingerprint density at radius 3 is 0.714 bits per heavy atom. The van der Waals surface area contributed by atoms with Crippen LogP contribution in [0.4, 0.5) is 0 Å². The first-order valence-corrected chi connectivity index (χ1v) is 2.00. The van der Waals surface area contributed by atoms with E-state index >= 15 is 0 Å². The fourth-order valence-electron chi connectivity index (χ4n) is 0.385. The van der Waals surface area contributed by atoms with Crippen molar-refractivity contribution >= 4 is 23.1 Å². The molecular formula is C6H8Mg. The van der Waals surface area contributed by atoms with Gasteiger partial charge in [-0.1, -0.05) is 36.4 Å². The second-order valence-corrected chi connectivity index (χ2v) is 1.15. The molecule has 0 amide bonds. The minimum Gasteiger partial charge on any atom is -0.0623 e. The third-order valence-corrected chi connectivity index (χ3v) is 0.667. The van der Waals surface area contributed by atoms with Gasteiger partial charge in [-0.3, -0.25) is 0 Å². The van der Waals surface area contributed by atoms with E-state index in [9.17, 15) is 0 Å². The monoisotopic (exact) mass is 104 g/mol. The van der Waals surface area contributed by atoms with E-state index in [1.165, 1.54) is 0 Å². The van der Waals surface area contributed by atoms with Crippen LogP contribution in [0.25, 0.3) is 0 Å². The molecule has 0 aliphatic carbocycles. The van der Waals surface area contributed by atoms with Crippen LogP contribution in [-0.2, 0) is 0 Å². The second-order valence-electron chi connectivity index (χ2n) is 1.15. The molecular weight excluding hydrogens is 96.4 g/mol. The van der Waals surface area contributed by atoms with E-state index in [0.717, 1.165) is 0 Å². The number of hydrogen-bond donors (Lipinski definition) is 0. The minimum atomic E-state index is 0. The average Bonchev–Trinajstić information content (AvgIpc) is 1.72. The lowest BCUT2D eigenvalue weighted by Crippen LogP contribution is -1.47. The van der Waals surface area contributed by atoms with E-state index < -0.39 is 0 Å². The van der Waals surface area contributed by atoms with Crippen LogP contribution in [0.1, 0.15) is 0 Å². The predicted molar refractivity (Wildman–Crippen MR) is 35.0 cm³/mol. The molecule has 0 saturated heterocycles. The predicted octanol–water partition coefficient (Wildman–Crippen LogP) is 0.770. The summed E-state index contributed by atoms with van der Waals surface area (Å²) in [5.41, 5.74) is 0. The zero-order chi connectivity index (χ0) is 4.24. The van der Waals surface area contributed by atoms with Gasteiger partial charge in [-0.15, -0.1) is 0 Å². The van der Waals surface area contributed by atoms with E-state index in [-0.39, 0.29) is 23.1 Å². The van der Waals surface area contributed by atoms with Crippen molar-refractivity contribution in [2.24, 2.45) is 0 Å². The van der Waals surface area contributed by atoms with Crippen LogP contribution in [0.2, 0.25) is 0 Å². The standard InChI is InChI=1S/C6H6.Mg.2H/c1-2-4-6-5-3-1;;;/h1-6H;;;. The van der Waals surface area contributed by atoms with Gasteiger partial charge < -0.3 is 0 Å². The average molecular weight is 104 g/mol. The molecule has 0 aromatic heterocycles. The van der Waals surface area contributed by atoms with Crippen molar-refractivity contribution in [2.45, 2.75) is 0 Å². The van der Waals surface area contributed by atoms with Crippen molar-refractivity contribution in [2.75, 3.05) is 0 Å². The normalized spacial score (nSPS) is 6.86. The first-order valence-electron chi connectivity index (χ1n) is 2.00. The Kier molecular flexibility index (Phi) is 4.15. The van der Waals surface area contributed by atoms with Crippen molar-refractivity contribution in [1.29, 1.82) is 0 Å². The fourth-order valence-corrected chi connectivity index (χ4v) is 0.385. The minimum absolute atomic E-state index is 0. The van der Waals surface area contributed by atoms with Crippen molar-refractivity contribution in [1.82, 2.24) is 0 Å². The molecule has 1 heteroatoms. The van der Waals surface area contributed by atoms with Crippen LogP contribution < -0.4 is 0 Å². The van der Waals surface area contributed by atoms with E-state index in [1.807, 2.05) is 36.4 Å². The van der Waals surface area contributed by atoms with Gasteiger partial charge in [-0.2, -0.15) is 0 Å². The van der Waals surface area contributed by atoms with Crippen LogP contribution in [0.15, 0.2) is 36.4 Å². The maximum Gasteiger partial charge on any atom is 0.316 e. The Bertz CT molecular complexity index is 76.1. The van der Waals surface area contributed by atoms with Gasteiger partial charge in [0.2, 0.25) is 0 Å². The number of hydrogen-bond acceptors (Lipinski definition) is 0. The van der Waals surface area contributed by atoms with E-state index in [0.29, 0.717) is 0 Å². The molecule has 0 bridgehead atoms. The van der Waals surface area contributed by atoms with E-state index in [1.54, 1.807) is 0 Å². The van der Waals surface area contributed by atoms with Crippen molar-refractivity contribution < 1.29 is 0 Å². The van der Waals surface area contributed by atoms with Crippen LogP contribution in [0, 0.1) is 0 Å². The summed E-state index contributed by atoms with van der Waals surface area (Å²) < 4.78 is 0. The lowest BCUT2D eigenvalue weighted by molar-refractivity contribution is 1.72. The van der Waals surface area contributed by atoms with Crippen molar-refractivity contribution in [3.8, 4) is 0 Å². The summed E-state index contributed by atoms with van der Waals surface area (Å²) in [5, 5.41) is 0. The van der Waals surface area contributed by atoms with Gasteiger partial charge in [-0.25, -0.2) is 0 Å². The molecule has 0 unspecified atom stereocenters. The van der Waals surface area contributed by atoms with Gasteiger partial charge in [0.05, 0.1) is 0 Å². The molecule has 0 fully saturated rings. The molecule has 0 N–H and O–H groups in total. The highest BCUT2D eigenvalue weighted by molar-refractivity contribution is 5.75. The summed E-state index contributed by atoms with van der Waals surface area (Å²) in [7, 11) is 0. The lowest BCUT2D eigenvalue weighted by atomic mass is 10.4. The lowest BCUT2D eigenvalue weighted by Gasteiger charge is -1.69. The van der Waals surface area contributed by atoms with Gasteiger partial charge in [0.1, 0.15) is 0 Å². The van der Waals surface area contributed by atoms with E-state index in [4.69, 9.17) is 0 Å². The molecule has 0 radical (unpaired) electrons. The topological polar surface area (TPSA) is 0 Å². The van der Waals surface area contributed by atoms with Crippen LogP contribution in [0.3, 0.4) is 0 Å². The molecule has 0 heterocycles. The fraction of sp³-hybridized carbons (Fsp3) is 0. The summed E-state index contributed by atoms with van der Waals surface area (Å²) in [4.78, 5) is 0. The first-order chi connectivity index (χ1) is 3.00. The largest absolute Gasteiger partial charge is 0.316 e. The summed E-state index contributed by atoms with van der Waals surface area (Å²) in [6.07, 6.45) is 0. The Balaban J connectivity index is 0.000000360. The molecule has 34 valence electrons. The van der Waals surface area contributed by atoms with E-state index in [2.05, 4.69) is 0 Å².